The van der Waals surface area contributed by atoms with E-state index in [1.807, 2.05) is 30.3 Å². The number of esters is 1. The van der Waals surface area contributed by atoms with E-state index in [9.17, 15) is 9.59 Å². The molecule has 2 aromatic rings. The molecule has 1 heterocycles. The highest BCUT2D eigenvalue weighted by Crippen LogP contribution is 2.14. The van der Waals surface area contributed by atoms with Gasteiger partial charge in [0.05, 0.1) is 7.11 Å². The van der Waals surface area contributed by atoms with Crippen molar-refractivity contribution in [2.45, 2.75) is 11.8 Å². The number of benzene rings is 1. The van der Waals surface area contributed by atoms with Crippen LogP contribution in [-0.4, -0.2) is 41.1 Å². The lowest BCUT2D eigenvalue weighted by molar-refractivity contribution is -0.142. The Morgan fingerprint density at radius 1 is 1.42 bits per heavy atom. The molecule has 10 heteroatoms. The van der Waals surface area contributed by atoms with Gasteiger partial charge in [-0.2, -0.15) is 11.8 Å². The molecule has 2 amide bonds. The average Bonchev–Trinajstić information content (AvgIpc) is 2.99. The Morgan fingerprint density at radius 3 is 2.79 bits per heavy atom. The first-order chi connectivity index (χ1) is 11.6. The van der Waals surface area contributed by atoms with Gasteiger partial charge in [0.15, 0.2) is 3.95 Å². The predicted molar refractivity (Wildman–Crippen MR) is 97.9 cm³/mol. The van der Waals surface area contributed by atoms with Crippen molar-refractivity contribution in [1.29, 1.82) is 0 Å². The minimum Gasteiger partial charge on any atom is -0.467 e. The van der Waals surface area contributed by atoms with E-state index in [0.29, 0.717) is 14.8 Å². The summed E-state index contributed by atoms with van der Waals surface area (Å²) in [5, 5.41) is 11.8. The van der Waals surface area contributed by atoms with Gasteiger partial charge < -0.3 is 10.1 Å². The zero-order valence-electron chi connectivity index (χ0n) is 12.8. The molecule has 0 spiro atoms. The number of nitrogens with zero attached hydrogens (tertiary/aromatic N) is 1. The fraction of sp³-hybridized carbons (Fsp3) is 0.286. The van der Waals surface area contributed by atoms with Crippen LogP contribution < -0.4 is 10.6 Å². The Bertz CT molecular complexity index is 732. The molecule has 24 heavy (non-hydrogen) atoms. The van der Waals surface area contributed by atoms with E-state index in [0.717, 1.165) is 22.7 Å². The van der Waals surface area contributed by atoms with Crippen molar-refractivity contribution in [3.8, 4) is 0 Å². The van der Waals surface area contributed by atoms with Crippen LogP contribution in [0.25, 0.3) is 0 Å². The quantitative estimate of drug-likeness (QED) is 0.502. The summed E-state index contributed by atoms with van der Waals surface area (Å²) >= 11 is 7.55. The molecule has 0 unspecified atom stereocenters. The number of hydrogen-bond donors (Lipinski definition) is 3. The number of nitrogens with one attached hydrogen (secondary N) is 3. The molecule has 0 fully saturated rings. The van der Waals surface area contributed by atoms with Gasteiger partial charge in [-0.15, -0.1) is 5.10 Å². The zero-order chi connectivity index (χ0) is 17.4. The lowest BCUT2D eigenvalue weighted by Crippen LogP contribution is -2.45. The fourth-order valence-electron chi connectivity index (χ4n) is 1.75. The van der Waals surface area contributed by atoms with E-state index in [1.165, 1.54) is 18.9 Å². The number of rotatable bonds is 7. The maximum Gasteiger partial charge on any atom is 0.329 e. The third kappa shape index (κ3) is 5.95. The standard InChI is InChI=1S/C14H16N4O3S3/c1-21-11(19)10(8-23-7-9-5-3-2-4-6-9)15-12(20)16-13-17-18-14(22)24-13/h2-6,10H,7-8H2,1H3,(H,18,22)(H2,15,16,17,20)/t10-/m0/s1. The van der Waals surface area contributed by atoms with Crippen molar-refractivity contribution < 1.29 is 14.3 Å². The minimum atomic E-state index is -0.754. The molecule has 0 aliphatic heterocycles. The molecule has 128 valence electrons. The van der Waals surface area contributed by atoms with Crippen LogP contribution in [0.3, 0.4) is 0 Å². The maximum atomic E-state index is 12.0. The third-order valence-electron chi connectivity index (χ3n) is 2.85. The molecule has 3 N–H and O–H groups in total. The fourth-order valence-corrected chi connectivity index (χ4v) is 3.54. The molecule has 0 bridgehead atoms. The number of anilines is 1. The Morgan fingerprint density at radius 2 is 2.17 bits per heavy atom. The normalized spacial score (nSPS) is 11.5. The van der Waals surface area contributed by atoms with Gasteiger partial charge in [-0.05, 0) is 17.8 Å². The van der Waals surface area contributed by atoms with Crippen LogP contribution in [0.1, 0.15) is 5.56 Å². The van der Waals surface area contributed by atoms with Gasteiger partial charge in [0.2, 0.25) is 5.13 Å². The van der Waals surface area contributed by atoms with Crippen molar-refractivity contribution in [3.63, 3.8) is 0 Å². The maximum absolute atomic E-state index is 12.0. The molecular weight excluding hydrogens is 368 g/mol. The van der Waals surface area contributed by atoms with Gasteiger partial charge in [0.25, 0.3) is 0 Å². The number of aromatic amines is 1. The Balaban J connectivity index is 1.86. The van der Waals surface area contributed by atoms with Crippen LogP contribution in [-0.2, 0) is 15.3 Å². The van der Waals surface area contributed by atoms with E-state index in [1.54, 1.807) is 0 Å². The van der Waals surface area contributed by atoms with Crippen molar-refractivity contribution in [1.82, 2.24) is 15.5 Å². The summed E-state index contributed by atoms with van der Waals surface area (Å²) in [7, 11) is 1.29. The summed E-state index contributed by atoms with van der Waals surface area (Å²) < 4.78 is 5.19. The predicted octanol–water partition coefficient (Wildman–Crippen LogP) is 2.80. The van der Waals surface area contributed by atoms with Gasteiger partial charge in [-0.1, -0.05) is 41.7 Å². The molecule has 1 aromatic carbocycles. The summed E-state index contributed by atoms with van der Waals surface area (Å²) in [6, 6.07) is 8.58. The zero-order valence-corrected chi connectivity index (χ0v) is 15.2. The molecular formula is C14H16N4O3S3. The van der Waals surface area contributed by atoms with Crippen LogP contribution in [0.15, 0.2) is 30.3 Å². The lowest BCUT2D eigenvalue weighted by atomic mass is 10.2. The second-order valence-corrected chi connectivity index (χ2v) is 7.29. The van der Waals surface area contributed by atoms with Crippen molar-refractivity contribution in [3.05, 3.63) is 39.8 Å². The molecule has 7 nitrogen and oxygen atoms in total. The summed E-state index contributed by atoms with van der Waals surface area (Å²) in [6.07, 6.45) is 0. The number of aromatic nitrogens is 2. The number of urea groups is 1. The number of amides is 2. The molecule has 0 saturated carbocycles. The highest BCUT2D eigenvalue weighted by Gasteiger charge is 2.22. The summed E-state index contributed by atoms with van der Waals surface area (Å²) in [4.78, 5) is 23.8. The van der Waals surface area contributed by atoms with E-state index in [4.69, 9.17) is 17.0 Å². The molecule has 2 rings (SSSR count). The first-order valence-corrected chi connectivity index (χ1v) is 9.29. The van der Waals surface area contributed by atoms with Crippen LogP contribution in [0.2, 0.25) is 0 Å². The molecule has 1 atom stereocenters. The summed E-state index contributed by atoms with van der Waals surface area (Å²) in [6.45, 7) is 0. The SMILES string of the molecule is COC(=O)[C@H](CSCc1ccccc1)NC(=O)Nc1n[nH]c(=S)s1. The lowest BCUT2D eigenvalue weighted by Gasteiger charge is -2.16. The second kappa shape index (κ2) is 9.40. The van der Waals surface area contributed by atoms with E-state index >= 15 is 0 Å². The van der Waals surface area contributed by atoms with Crippen LogP contribution in [0, 0.1) is 3.95 Å². The van der Waals surface area contributed by atoms with E-state index < -0.39 is 18.0 Å². The third-order valence-corrected chi connectivity index (χ3v) is 4.96. The number of hydrogen-bond acceptors (Lipinski definition) is 7. The topological polar surface area (TPSA) is 96.1 Å². The Hall–Kier alpha value is -1.91. The van der Waals surface area contributed by atoms with Crippen LogP contribution in [0.4, 0.5) is 9.93 Å². The molecule has 1 aromatic heterocycles. The molecule has 0 aliphatic rings. The van der Waals surface area contributed by atoms with E-state index in [2.05, 4.69) is 20.8 Å². The first-order valence-electron chi connectivity index (χ1n) is 6.91. The van der Waals surface area contributed by atoms with Gasteiger partial charge in [0.1, 0.15) is 6.04 Å². The smallest absolute Gasteiger partial charge is 0.329 e. The van der Waals surface area contributed by atoms with Gasteiger partial charge in [-0.25, -0.2) is 9.59 Å². The van der Waals surface area contributed by atoms with Gasteiger partial charge in [-0.3, -0.25) is 10.4 Å². The number of H-pyrrole nitrogens is 1. The molecule has 0 aliphatic carbocycles. The number of thioether (sulfide) groups is 1. The van der Waals surface area contributed by atoms with Crippen molar-refractivity contribution in [2.75, 3.05) is 18.2 Å². The van der Waals surface area contributed by atoms with Crippen molar-refractivity contribution >= 4 is 52.4 Å². The monoisotopic (exact) mass is 384 g/mol. The second-order valence-electron chi connectivity index (χ2n) is 4.59. The Kier molecular flexibility index (Phi) is 7.22. The number of carbonyl (C=O) groups excluding carboxylic acids is 2. The number of carbonyl (C=O) groups is 2. The number of methoxy groups -OCH3 is 1. The van der Waals surface area contributed by atoms with Crippen LogP contribution >= 0.6 is 35.3 Å². The van der Waals surface area contributed by atoms with Gasteiger partial charge in [0, 0.05) is 11.5 Å². The minimum absolute atomic E-state index is 0.332. The van der Waals surface area contributed by atoms with Crippen LogP contribution in [0.5, 0.6) is 0 Å². The molecule has 0 saturated heterocycles. The summed E-state index contributed by atoms with van der Waals surface area (Å²) in [5.41, 5.74) is 1.15. The van der Waals surface area contributed by atoms with E-state index in [-0.39, 0.29) is 0 Å². The number of ether oxygens (including phenoxy) is 1. The summed E-state index contributed by atoms with van der Waals surface area (Å²) in [5.74, 6) is 0.629. The average molecular weight is 385 g/mol. The van der Waals surface area contributed by atoms with Crippen molar-refractivity contribution in [2.24, 2.45) is 0 Å². The first kappa shape index (κ1) is 18.4. The van der Waals surface area contributed by atoms with Gasteiger partial charge >= 0.3 is 12.0 Å². The highest BCUT2D eigenvalue weighted by molar-refractivity contribution is 7.98. The Labute approximate surface area is 152 Å². The largest absolute Gasteiger partial charge is 0.467 e. The highest BCUT2D eigenvalue weighted by atomic mass is 32.2. The molecule has 0 radical (unpaired) electrons.